The van der Waals surface area contributed by atoms with Crippen molar-refractivity contribution >= 4 is 23.4 Å². The van der Waals surface area contributed by atoms with E-state index in [0.717, 1.165) is 16.9 Å². The largest absolute Gasteiger partial charge is 0.493 e. The average Bonchev–Trinajstić information content (AvgIpc) is 2.97. The van der Waals surface area contributed by atoms with Gasteiger partial charge in [0.1, 0.15) is 18.5 Å². The van der Waals surface area contributed by atoms with Crippen LogP contribution in [0.2, 0.25) is 0 Å². The van der Waals surface area contributed by atoms with Crippen molar-refractivity contribution in [1.82, 2.24) is 9.55 Å². The highest BCUT2D eigenvalue weighted by Gasteiger charge is 2.26. The number of imidazole rings is 1. The number of rotatable bonds is 7. The van der Waals surface area contributed by atoms with Crippen molar-refractivity contribution in [2.75, 3.05) is 13.7 Å². The maximum absolute atomic E-state index is 10.6. The maximum atomic E-state index is 10.6. The van der Waals surface area contributed by atoms with Gasteiger partial charge in [-0.15, -0.1) is 12.4 Å². The summed E-state index contributed by atoms with van der Waals surface area (Å²) < 4.78 is 13.2. The molecule has 0 amide bonds. The molecular formula is C21H25ClN2O3. The van der Waals surface area contributed by atoms with E-state index in [1.165, 1.54) is 19.3 Å². The number of fused-ring (bicyclic) bond motifs is 1. The van der Waals surface area contributed by atoms with Gasteiger partial charge in [0.2, 0.25) is 0 Å². The third kappa shape index (κ3) is 4.04. The molecule has 0 aliphatic heterocycles. The minimum Gasteiger partial charge on any atom is -0.493 e. The Labute approximate surface area is 165 Å². The van der Waals surface area contributed by atoms with Crippen molar-refractivity contribution in [3.8, 4) is 11.5 Å². The van der Waals surface area contributed by atoms with Crippen LogP contribution in [0.3, 0.4) is 0 Å². The fourth-order valence-electron chi connectivity index (χ4n) is 3.45. The van der Waals surface area contributed by atoms with Crippen molar-refractivity contribution in [1.29, 1.82) is 0 Å². The molecule has 6 heteroatoms. The minimum absolute atomic E-state index is 0. The highest BCUT2D eigenvalue weighted by atomic mass is 35.5. The van der Waals surface area contributed by atoms with E-state index >= 15 is 0 Å². The second kappa shape index (κ2) is 8.63. The number of ether oxygens (including phenoxy) is 2. The topological polar surface area (TPSA) is 56.5 Å². The molecule has 1 N–H and O–H groups in total. The summed E-state index contributed by atoms with van der Waals surface area (Å²) in [6, 6.07) is 15.6. The van der Waals surface area contributed by atoms with E-state index in [0.29, 0.717) is 24.0 Å². The summed E-state index contributed by atoms with van der Waals surface area (Å²) >= 11 is 0. The van der Waals surface area contributed by atoms with Crippen molar-refractivity contribution in [3.63, 3.8) is 0 Å². The molecule has 0 radical (unpaired) electrons. The second-order valence-electron chi connectivity index (χ2n) is 6.81. The standard InChI is InChI=1S/C21H24N2O3.ClH/c1-25-19-11-4-5-12-20(19)26-14-16(24)13-23-18-10-3-2-9-17(18)22-21(23)15-7-6-8-15;/h2-5,9-12,15-16,24H,6-8,13-14H2,1H3;1H. The molecule has 2 aromatic carbocycles. The van der Waals surface area contributed by atoms with E-state index in [9.17, 15) is 5.11 Å². The Morgan fingerprint density at radius 1 is 1.11 bits per heavy atom. The number of nitrogens with zero attached hydrogens (tertiary/aromatic N) is 2. The van der Waals surface area contributed by atoms with E-state index < -0.39 is 6.10 Å². The SMILES string of the molecule is COc1ccccc1OCC(O)Cn1c(C2CCC2)nc2ccccc21.Cl. The molecule has 1 unspecified atom stereocenters. The predicted octanol–water partition coefficient (Wildman–Crippen LogP) is 4.17. The molecule has 4 rings (SSSR count). The quantitative estimate of drug-likeness (QED) is 0.659. The number of halogens is 1. The molecule has 0 bridgehead atoms. The molecule has 1 aliphatic carbocycles. The Hall–Kier alpha value is -2.24. The summed E-state index contributed by atoms with van der Waals surface area (Å²) in [4.78, 5) is 4.82. The van der Waals surface area contributed by atoms with Crippen LogP contribution in [0.15, 0.2) is 48.5 Å². The first-order valence-electron chi connectivity index (χ1n) is 9.15. The summed E-state index contributed by atoms with van der Waals surface area (Å²) in [6.45, 7) is 0.679. The second-order valence-corrected chi connectivity index (χ2v) is 6.81. The van der Waals surface area contributed by atoms with Crippen LogP contribution in [0.4, 0.5) is 0 Å². The molecule has 3 aromatic rings. The number of aliphatic hydroxyl groups is 1. The molecule has 0 spiro atoms. The van der Waals surface area contributed by atoms with Crippen molar-refractivity contribution in [2.24, 2.45) is 0 Å². The Morgan fingerprint density at radius 3 is 2.52 bits per heavy atom. The van der Waals surface area contributed by atoms with Crippen molar-refractivity contribution < 1.29 is 14.6 Å². The first-order valence-corrected chi connectivity index (χ1v) is 9.15. The Bertz CT molecular complexity index is 892. The zero-order chi connectivity index (χ0) is 17.9. The summed E-state index contributed by atoms with van der Waals surface area (Å²) in [5, 5.41) is 10.6. The molecule has 1 saturated carbocycles. The van der Waals surface area contributed by atoms with Crippen molar-refractivity contribution in [2.45, 2.75) is 37.8 Å². The highest BCUT2D eigenvalue weighted by molar-refractivity contribution is 5.85. The van der Waals surface area contributed by atoms with E-state index in [2.05, 4.69) is 10.6 Å². The van der Waals surface area contributed by atoms with Gasteiger partial charge in [0.05, 0.1) is 24.7 Å². The van der Waals surface area contributed by atoms with E-state index in [1.54, 1.807) is 7.11 Å². The first kappa shape index (κ1) is 19.5. The summed E-state index contributed by atoms with van der Waals surface area (Å²) in [5.74, 6) is 2.91. The summed E-state index contributed by atoms with van der Waals surface area (Å²) in [5.41, 5.74) is 2.07. The molecule has 27 heavy (non-hydrogen) atoms. The van der Waals surface area contributed by atoms with Gasteiger partial charge in [-0.05, 0) is 37.1 Å². The molecule has 1 aliphatic rings. The lowest BCUT2D eigenvalue weighted by atomic mass is 9.85. The smallest absolute Gasteiger partial charge is 0.161 e. The van der Waals surface area contributed by atoms with Crippen LogP contribution in [0.5, 0.6) is 11.5 Å². The Balaban J connectivity index is 0.00000210. The van der Waals surface area contributed by atoms with Crippen LogP contribution in [-0.4, -0.2) is 34.5 Å². The lowest BCUT2D eigenvalue weighted by Crippen LogP contribution is -2.26. The molecule has 1 heterocycles. The number of aromatic nitrogens is 2. The number of hydrogen-bond acceptors (Lipinski definition) is 4. The molecule has 1 fully saturated rings. The fraction of sp³-hybridized carbons (Fsp3) is 0.381. The number of para-hydroxylation sites is 4. The lowest BCUT2D eigenvalue weighted by Gasteiger charge is -2.26. The highest BCUT2D eigenvalue weighted by Crippen LogP contribution is 2.37. The van der Waals surface area contributed by atoms with Gasteiger partial charge in [-0.2, -0.15) is 0 Å². The van der Waals surface area contributed by atoms with Gasteiger partial charge >= 0.3 is 0 Å². The third-order valence-electron chi connectivity index (χ3n) is 5.05. The van der Waals surface area contributed by atoms with Crippen molar-refractivity contribution in [3.05, 3.63) is 54.4 Å². The zero-order valence-electron chi connectivity index (χ0n) is 15.4. The molecule has 144 valence electrons. The van der Waals surface area contributed by atoms with Gasteiger partial charge in [-0.25, -0.2) is 4.98 Å². The van der Waals surface area contributed by atoms with Crippen LogP contribution in [-0.2, 0) is 6.54 Å². The molecular weight excluding hydrogens is 364 g/mol. The predicted molar refractivity (Wildman–Crippen MR) is 108 cm³/mol. The monoisotopic (exact) mass is 388 g/mol. The molecule has 1 aromatic heterocycles. The average molecular weight is 389 g/mol. The van der Waals surface area contributed by atoms with Gasteiger partial charge in [0, 0.05) is 5.92 Å². The van der Waals surface area contributed by atoms with E-state index in [-0.39, 0.29) is 19.0 Å². The van der Waals surface area contributed by atoms with Gasteiger partial charge in [0.25, 0.3) is 0 Å². The molecule has 5 nitrogen and oxygen atoms in total. The number of hydrogen-bond donors (Lipinski definition) is 1. The molecule has 0 saturated heterocycles. The summed E-state index contributed by atoms with van der Waals surface area (Å²) in [7, 11) is 1.61. The van der Waals surface area contributed by atoms with Gasteiger partial charge < -0.3 is 19.1 Å². The fourth-order valence-corrected chi connectivity index (χ4v) is 3.45. The van der Waals surface area contributed by atoms with Gasteiger partial charge in [-0.3, -0.25) is 0 Å². The van der Waals surface area contributed by atoms with Gasteiger partial charge in [-0.1, -0.05) is 30.7 Å². The Morgan fingerprint density at radius 2 is 1.81 bits per heavy atom. The van der Waals surface area contributed by atoms with E-state index in [4.69, 9.17) is 14.5 Å². The van der Waals surface area contributed by atoms with Crippen LogP contribution >= 0.6 is 12.4 Å². The third-order valence-corrected chi connectivity index (χ3v) is 5.05. The lowest BCUT2D eigenvalue weighted by molar-refractivity contribution is 0.0905. The number of aliphatic hydroxyl groups excluding tert-OH is 1. The maximum Gasteiger partial charge on any atom is 0.161 e. The van der Waals surface area contributed by atoms with Crippen LogP contribution < -0.4 is 9.47 Å². The zero-order valence-corrected chi connectivity index (χ0v) is 16.2. The summed E-state index contributed by atoms with van der Waals surface area (Å²) in [6.07, 6.45) is 2.98. The Kier molecular flexibility index (Phi) is 6.24. The minimum atomic E-state index is -0.628. The van der Waals surface area contributed by atoms with Gasteiger partial charge in [0.15, 0.2) is 11.5 Å². The van der Waals surface area contributed by atoms with Crippen LogP contribution in [0, 0.1) is 0 Å². The normalized spacial score (nSPS) is 15.0. The number of benzene rings is 2. The molecule has 1 atom stereocenters. The van der Waals surface area contributed by atoms with Crippen LogP contribution in [0.25, 0.3) is 11.0 Å². The first-order chi connectivity index (χ1) is 12.8. The number of methoxy groups -OCH3 is 1. The van der Waals surface area contributed by atoms with Crippen LogP contribution in [0.1, 0.15) is 31.0 Å². The van der Waals surface area contributed by atoms with E-state index in [1.807, 2.05) is 42.5 Å².